The molecule has 0 aliphatic heterocycles. The average Bonchev–Trinajstić information content (AvgIpc) is 3.12. The van der Waals surface area contributed by atoms with Crippen LogP contribution in [-0.2, 0) is 27.3 Å². The van der Waals surface area contributed by atoms with E-state index in [0.29, 0.717) is 31.0 Å². The van der Waals surface area contributed by atoms with Crippen molar-refractivity contribution in [2.24, 2.45) is 17.3 Å². The molecule has 0 unspecified atom stereocenters. The van der Waals surface area contributed by atoms with Crippen LogP contribution in [0.4, 0.5) is 0 Å². The Kier molecular flexibility index (Phi) is 6.42. The third kappa shape index (κ3) is 4.23. The van der Waals surface area contributed by atoms with Crippen molar-refractivity contribution in [1.82, 2.24) is 0 Å². The first kappa shape index (κ1) is 23.0. The predicted molar refractivity (Wildman–Crippen MR) is 132 cm³/mol. The van der Waals surface area contributed by atoms with Crippen molar-refractivity contribution in [3.05, 3.63) is 77.1 Å². The summed E-state index contributed by atoms with van der Waals surface area (Å²) in [6, 6.07) is 17.0. The standard InChI is InChI=1S/C30H36O4/c1-4-32-19-23-17-28-27-12-10-22-16-24(33-18-21-8-6-5-7-9-21)11-13-25(22)26(27)14-15-30(28,3)29(23)34-20(2)31/h5-9,11,13,16,19,26-29H,4,10,12,14-15,17-18H2,1-3H3/b23-19+/t26-,27-,28+,29+,30+/m1/s1. The first-order valence-electron chi connectivity index (χ1n) is 12.8. The fourth-order valence-electron chi connectivity index (χ4n) is 6.91. The van der Waals surface area contributed by atoms with Crippen LogP contribution in [0.15, 0.2) is 60.4 Å². The van der Waals surface area contributed by atoms with Crippen molar-refractivity contribution in [2.45, 2.75) is 71.5 Å². The Hall–Kier alpha value is -2.75. The summed E-state index contributed by atoms with van der Waals surface area (Å²) in [5.74, 6) is 2.43. The number of carbonyl (C=O) groups excluding carboxylic acids is 1. The number of rotatable bonds is 6. The number of carbonyl (C=O) groups is 1. The molecule has 0 amide bonds. The fraction of sp³-hybridized carbons (Fsp3) is 0.500. The molecule has 2 aromatic rings. The van der Waals surface area contributed by atoms with Crippen LogP contribution in [0.1, 0.15) is 69.1 Å². The fourth-order valence-corrected chi connectivity index (χ4v) is 6.91. The maximum atomic E-state index is 12.0. The van der Waals surface area contributed by atoms with Gasteiger partial charge in [0, 0.05) is 17.9 Å². The van der Waals surface area contributed by atoms with Crippen molar-refractivity contribution in [1.29, 1.82) is 0 Å². The highest BCUT2D eigenvalue weighted by atomic mass is 16.5. The molecular formula is C30H36O4. The maximum Gasteiger partial charge on any atom is 0.303 e. The van der Waals surface area contributed by atoms with E-state index in [-0.39, 0.29) is 17.5 Å². The summed E-state index contributed by atoms with van der Waals surface area (Å²) >= 11 is 0. The minimum Gasteiger partial charge on any atom is -0.501 e. The number of fused-ring (bicyclic) bond motifs is 5. The van der Waals surface area contributed by atoms with E-state index in [0.717, 1.165) is 37.0 Å². The molecule has 5 atom stereocenters. The minimum atomic E-state index is -0.201. The molecule has 3 aliphatic rings. The predicted octanol–water partition coefficient (Wildman–Crippen LogP) is 6.58. The lowest BCUT2D eigenvalue weighted by Crippen LogP contribution is -2.45. The molecule has 34 heavy (non-hydrogen) atoms. The summed E-state index contributed by atoms with van der Waals surface area (Å²) in [6.45, 7) is 7.08. The molecule has 2 saturated carbocycles. The molecular weight excluding hydrogens is 424 g/mol. The van der Waals surface area contributed by atoms with E-state index in [2.05, 4.69) is 37.3 Å². The van der Waals surface area contributed by atoms with Crippen LogP contribution in [0.3, 0.4) is 0 Å². The van der Waals surface area contributed by atoms with E-state index < -0.39 is 0 Å². The zero-order chi connectivity index (χ0) is 23.7. The Morgan fingerprint density at radius 2 is 1.97 bits per heavy atom. The van der Waals surface area contributed by atoms with Gasteiger partial charge in [-0.15, -0.1) is 0 Å². The zero-order valence-electron chi connectivity index (χ0n) is 20.6. The third-order valence-corrected chi connectivity index (χ3v) is 8.46. The molecule has 0 aromatic heterocycles. The highest BCUT2D eigenvalue weighted by molar-refractivity contribution is 5.66. The van der Waals surface area contributed by atoms with Crippen molar-refractivity contribution < 1.29 is 19.0 Å². The SMILES string of the molecule is CCO/C=C1\C[C@H]2[C@@H]3CCc4cc(OCc5ccccc5)ccc4[C@H]3CC[C@]2(C)[C@H]1OC(C)=O. The molecule has 2 fully saturated rings. The molecule has 0 N–H and O–H groups in total. The van der Waals surface area contributed by atoms with Crippen LogP contribution in [0, 0.1) is 17.3 Å². The van der Waals surface area contributed by atoms with Crippen molar-refractivity contribution in [3.8, 4) is 5.75 Å². The third-order valence-electron chi connectivity index (χ3n) is 8.46. The molecule has 180 valence electrons. The van der Waals surface area contributed by atoms with Gasteiger partial charge in [-0.25, -0.2) is 0 Å². The Balaban J connectivity index is 1.36. The Morgan fingerprint density at radius 3 is 2.74 bits per heavy atom. The Labute approximate surface area is 203 Å². The molecule has 0 radical (unpaired) electrons. The molecule has 0 spiro atoms. The molecule has 4 heteroatoms. The highest BCUT2D eigenvalue weighted by Gasteiger charge is 2.58. The van der Waals surface area contributed by atoms with E-state index in [1.807, 2.05) is 31.4 Å². The van der Waals surface area contributed by atoms with Gasteiger partial charge < -0.3 is 14.2 Å². The molecule has 3 aliphatic carbocycles. The first-order chi connectivity index (χ1) is 16.5. The summed E-state index contributed by atoms with van der Waals surface area (Å²) < 4.78 is 17.7. The van der Waals surface area contributed by atoms with Gasteiger partial charge in [0.25, 0.3) is 0 Å². The van der Waals surface area contributed by atoms with E-state index in [1.165, 1.54) is 30.0 Å². The Bertz CT molecular complexity index is 1060. The molecule has 5 rings (SSSR count). The van der Waals surface area contributed by atoms with Crippen molar-refractivity contribution in [3.63, 3.8) is 0 Å². The van der Waals surface area contributed by atoms with Crippen LogP contribution in [0.5, 0.6) is 5.75 Å². The maximum absolute atomic E-state index is 12.0. The number of ether oxygens (including phenoxy) is 3. The van der Waals surface area contributed by atoms with Gasteiger partial charge in [0.05, 0.1) is 12.9 Å². The lowest BCUT2D eigenvalue weighted by atomic mass is 9.55. The summed E-state index contributed by atoms with van der Waals surface area (Å²) in [5.41, 5.74) is 5.25. The van der Waals surface area contributed by atoms with Crippen LogP contribution in [0.25, 0.3) is 0 Å². The summed E-state index contributed by atoms with van der Waals surface area (Å²) in [4.78, 5) is 12.0. The smallest absolute Gasteiger partial charge is 0.303 e. The van der Waals surface area contributed by atoms with Crippen LogP contribution in [0.2, 0.25) is 0 Å². The second-order valence-corrected chi connectivity index (χ2v) is 10.4. The van der Waals surface area contributed by atoms with E-state index >= 15 is 0 Å². The quantitative estimate of drug-likeness (QED) is 0.361. The molecule has 2 aromatic carbocycles. The van der Waals surface area contributed by atoms with E-state index in [1.54, 1.807) is 0 Å². The van der Waals surface area contributed by atoms with Crippen LogP contribution in [-0.4, -0.2) is 18.7 Å². The number of hydrogen-bond acceptors (Lipinski definition) is 4. The number of esters is 1. The molecule has 0 heterocycles. The average molecular weight is 461 g/mol. The summed E-state index contributed by atoms with van der Waals surface area (Å²) in [6.07, 6.45) is 7.12. The van der Waals surface area contributed by atoms with E-state index in [9.17, 15) is 4.79 Å². The highest BCUT2D eigenvalue weighted by Crippen LogP contribution is 2.63. The number of hydrogen-bond donors (Lipinski definition) is 0. The lowest BCUT2D eigenvalue weighted by molar-refractivity contribution is -0.152. The topological polar surface area (TPSA) is 44.8 Å². The van der Waals surface area contributed by atoms with Gasteiger partial charge in [0.2, 0.25) is 0 Å². The van der Waals surface area contributed by atoms with Gasteiger partial charge in [-0.1, -0.05) is 43.3 Å². The summed E-state index contributed by atoms with van der Waals surface area (Å²) in [7, 11) is 0. The number of benzene rings is 2. The Morgan fingerprint density at radius 1 is 1.15 bits per heavy atom. The summed E-state index contributed by atoms with van der Waals surface area (Å²) in [5, 5.41) is 0. The second kappa shape index (κ2) is 9.48. The minimum absolute atomic E-state index is 0.0218. The normalized spacial score (nSPS) is 30.7. The second-order valence-electron chi connectivity index (χ2n) is 10.4. The molecule has 0 bridgehead atoms. The number of aryl methyl sites for hydroxylation is 1. The van der Waals surface area contributed by atoms with Gasteiger partial charge in [0.15, 0.2) is 0 Å². The molecule has 0 saturated heterocycles. The van der Waals surface area contributed by atoms with Gasteiger partial charge in [0.1, 0.15) is 18.5 Å². The first-order valence-corrected chi connectivity index (χ1v) is 12.8. The largest absolute Gasteiger partial charge is 0.501 e. The van der Waals surface area contributed by atoms with Crippen molar-refractivity contribution in [2.75, 3.05) is 6.61 Å². The van der Waals surface area contributed by atoms with Crippen LogP contribution < -0.4 is 4.74 Å². The monoisotopic (exact) mass is 460 g/mol. The van der Waals surface area contributed by atoms with Gasteiger partial charge in [-0.2, -0.15) is 0 Å². The van der Waals surface area contributed by atoms with Crippen LogP contribution >= 0.6 is 0 Å². The van der Waals surface area contributed by atoms with Gasteiger partial charge >= 0.3 is 5.97 Å². The van der Waals surface area contributed by atoms with Gasteiger partial charge in [-0.05, 0) is 85.6 Å². The van der Waals surface area contributed by atoms with Gasteiger partial charge in [-0.3, -0.25) is 4.79 Å². The van der Waals surface area contributed by atoms with Crippen molar-refractivity contribution >= 4 is 5.97 Å². The lowest BCUT2D eigenvalue weighted by Gasteiger charge is -2.50. The van der Waals surface area contributed by atoms with E-state index in [4.69, 9.17) is 14.2 Å². The zero-order valence-corrected chi connectivity index (χ0v) is 20.6. The molecule has 4 nitrogen and oxygen atoms in total.